The van der Waals surface area contributed by atoms with Gasteiger partial charge in [-0.2, -0.15) is 0 Å². The normalized spacial score (nSPS) is 25.1. The van der Waals surface area contributed by atoms with E-state index in [9.17, 15) is 0 Å². The molecule has 1 saturated heterocycles. The molecule has 6 heteroatoms. The van der Waals surface area contributed by atoms with Crippen molar-refractivity contribution in [1.82, 2.24) is 0 Å². The largest absolute Gasteiger partial charge is 0.497 e. The summed E-state index contributed by atoms with van der Waals surface area (Å²) in [7, 11) is 3.33. The van der Waals surface area contributed by atoms with Crippen molar-refractivity contribution in [2.24, 2.45) is 0 Å². The molecule has 6 nitrogen and oxygen atoms in total. The molecule has 2 heterocycles. The fourth-order valence-electron chi connectivity index (χ4n) is 4.05. The van der Waals surface area contributed by atoms with Crippen molar-refractivity contribution < 1.29 is 28.4 Å². The van der Waals surface area contributed by atoms with Gasteiger partial charge in [-0.3, -0.25) is 0 Å². The van der Waals surface area contributed by atoms with Crippen molar-refractivity contribution in [2.75, 3.05) is 27.4 Å². The average molecular weight is 441 g/mol. The van der Waals surface area contributed by atoms with Crippen LogP contribution in [0.15, 0.2) is 60.7 Å². The molecule has 0 bridgehead atoms. The Kier molecular flexibility index (Phi) is 8.18. The number of rotatable bonds is 9. The van der Waals surface area contributed by atoms with Crippen LogP contribution in [0.25, 0.3) is 0 Å². The van der Waals surface area contributed by atoms with E-state index in [0.717, 1.165) is 35.5 Å². The van der Waals surface area contributed by atoms with Gasteiger partial charge in [0.1, 0.15) is 17.6 Å². The Morgan fingerprint density at radius 2 is 1.47 bits per heavy atom. The lowest BCUT2D eigenvalue weighted by atomic mass is 9.96. The van der Waals surface area contributed by atoms with E-state index in [1.165, 1.54) is 0 Å². The molecule has 2 aromatic carbocycles. The van der Waals surface area contributed by atoms with Crippen LogP contribution in [0.2, 0.25) is 0 Å². The molecule has 2 aliphatic rings. The van der Waals surface area contributed by atoms with Gasteiger partial charge in [-0.05, 0) is 41.8 Å². The van der Waals surface area contributed by atoms with Gasteiger partial charge in [0.25, 0.3) is 0 Å². The average Bonchev–Trinajstić information content (AvgIpc) is 3.08. The predicted molar refractivity (Wildman–Crippen MR) is 121 cm³/mol. The maximum atomic E-state index is 6.42. The minimum absolute atomic E-state index is 0.0312. The molecule has 0 radical (unpaired) electrons. The van der Waals surface area contributed by atoms with Crippen LogP contribution in [0, 0.1) is 0 Å². The molecule has 0 aromatic heterocycles. The molecule has 0 unspecified atom stereocenters. The zero-order valence-electron chi connectivity index (χ0n) is 18.8. The van der Waals surface area contributed by atoms with Gasteiger partial charge in [-0.1, -0.05) is 36.4 Å². The Balaban J connectivity index is 1.36. The van der Waals surface area contributed by atoms with Gasteiger partial charge in [-0.15, -0.1) is 0 Å². The van der Waals surface area contributed by atoms with Crippen LogP contribution >= 0.6 is 0 Å². The maximum Gasteiger partial charge on any atom is 0.118 e. The van der Waals surface area contributed by atoms with Crippen LogP contribution in [0.1, 0.15) is 24.0 Å². The third-order valence-corrected chi connectivity index (χ3v) is 5.92. The van der Waals surface area contributed by atoms with Crippen molar-refractivity contribution in [3.05, 3.63) is 71.8 Å². The van der Waals surface area contributed by atoms with E-state index in [4.69, 9.17) is 28.4 Å². The Hall–Kier alpha value is -2.38. The number of hydrogen-bond donors (Lipinski definition) is 0. The number of hydrogen-bond acceptors (Lipinski definition) is 6. The van der Waals surface area contributed by atoms with E-state index in [1.807, 2.05) is 48.5 Å². The van der Waals surface area contributed by atoms with Gasteiger partial charge >= 0.3 is 0 Å². The van der Waals surface area contributed by atoms with Crippen molar-refractivity contribution in [1.29, 1.82) is 0 Å². The molecule has 0 amide bonds. The summed E-state index contributed by atoms with van der Waals surface area (Å²) in [5.74, 6) is 1.67. The van der Waals surface area contributed by atoms with Crippen molar-refractivity contribution in [2.45, 2.75) is 50.5 Å². The summed E-state index contributed by atoms with van der Waals surface area (Å²) in [4.78, 5) is 0. The summed E-state index contributed by atoms with van der Waals surface area (Å²) in [5, 5.41) is 0. The van der Waals surface area contributed by atoms with Crippen LogP contribution in [0.5, 0.6) is 11.5 Å². The first-order valence-electron chi connectivity index (χ1n) is 11.1. The van der Waals surface area contributed by atoms with Crippen molar-refractivity contribution in [3.8, 4) is 11.5 Å². The second-order valence-corrected chi connectivity index (χ2v) is 8.09. The maximum absolute atomic E-state index is 6.42. The molecule has 2 aliphatic heterocycles. The third-order valence-electron chi connectivity index (χ3n) is 5.92. The topological polar surface area (TPSA) is 55.4 Å². The van der Waals surface area contributed by atoms with Crippen LogP contribution in [-0.2, 0) is 32.2 Å². The number of methoxy groups -OCH3 is 2. The van der Waals surface area contributed by atoms with E-state index in [2.05, 4.69) is 12.2 Å². The first-order valence-corrected chi connectivity index (χ1v) is 11.1. The van der Waals surface area contributed by atoms with Gasteiger partial charge in [-0.25, -0.2) is 0 Å². The van der Waals surface area contributed by atoms with Crippen LogP contribution in [0.3, 0.4) is 0 Å². The summed E-state index contributed by atoms with van der Waals surface area (Å²) in [6.07, 6.45) is 5.65. The molecule has 2 aromatic rings. The van der Waals surface area contributed by atoms with E-state index < -0.39 is 0 Å². The van der Waals surface area contributed by atoms with Gasteiger partial charge in [0.05, 0.1) is 59.0 Å². The fourth-order valence-corrected chi connectivity index (χ4v) is 4.05. The van der Waals surface area contributed by atoms with Crippen molar-refractivity contribution in [3.63, 3.8) is 0 Å². The zero-order valence-corrected chi connectivity index (χ0v) is 18.8. The second kappa shape index (κ2) is 11.5. The molecule has 0 saturated carbocycles. The van der Waals surface area contributed by atoms with Crippen molar-refractivity contribution >= 4 is 0 Å². The van der Waals surface area contributed by atoms with E-state index >= 15 is 0 Å². The zero-order chi connectivity index (χ0) is 22.2. The Morgan fingerprint density at radius 3 is 2.12 bits per heavy atom. The lowest BCUT2D eigenvalue weighted by Crippen LogP contribution is -2.50. The predicted octanol–water partition coefficient (Wildman–Crippen LogP) is 4.31. The summed E-state index contributed by atoms with van der Waals surface area (Å²) >= 11 is 0. The fraction of sp³-hybridized carbons (Fsp3) is 0.462. The molecule has 0 aliphatic carbocycles. The lowest BCUT2D eigenvalue weighted by molar-refractivity contribution is -0.208. The molecule has 1 fully saturated rings. The van der Waals surface area contributed by atoms with Crippen LogP contribution in [0.4, 0.5) is 0 Å². The number of fused-ring (bicyclic) bond motifs is 1. The molecule has 0 N–H and O–H groups in total. The molecular formula is C26H32O6. The first-order chi connectivity index (χ1) is 15.7. The third kappa shape index (κ3) is 6.11. The van der Waals surface area contributed by atoms with Crippen LogP contribution in [-0.4, -0.2) is 51.8 Å². The second-order valence-electron chi connectivity index (χ2n) is 8.09. The lowest BCUT2D eigenvalue weighted by Gasteiger charge is -2.40. The highest BCUT2D eigenvalue weighted by atomic mass is 16.6. The Morgan fingerprint density at radius 1 is 0.812 bits per heavy atom. The highest BCUT2D eigenvalue weighted by Gasteiger charge is 2.39. The molecule has 0 spiro atoms. The SMILES string of the molecule is COc1ccc(COC[C@H]2O[C@H]3CC=CCO[C@@H]3C[C@@H]2OCc2ccc(OC)cc2)cc1. The molecule has 32 heavy (non-hydrogen) atoms. The van der Waals surface area contributed by atoms with Crippen LogP contribution < -0.4 is 9.47 Å². The van der Waals surface area contributed by atoms with E-state index in [1.54, 1.807) is 14.2 Å². The minimum Gasteiger partial charge on any atom is -0.497 e. The standard InChI is InChI=1S/C26H32O6/c1-27-21-10-6-19(7-11-21)16-29-18-26-25(15-24-23(32-26)5-3-4-14-30-24)31-17-20-8-12-22(28-2)13-9-20/h3-4,6-13,23-26H,5,14-18H2,1-2H3/t23-,24+,25-,26+/m0/s1. The Bertz CT molecular complexity index is 848. The Labute approximate surface area is 190 Å². The van der Waals surface area contributed by atoms with Gasteiger partial charge in [0.2, 0.25) is 0 Å². The van der Waals surface area contributed by atoms with Gasteiger partial charge in [0, 0.05) is 6.42 Å². The van der Waals surface area contributed by atoms with E-state index in [0.29, 0.717) is 26.4 Å². The smallest absolute Gasteiger partial charge is 0.118 e. The molecule has 4 rings (SSSR count). The summed E-state index contributed by atoms with van der Waals surface area (Å²) in [5.41, 5.74) is 2.19. The summed E-state index contributed by atoms with van der Waals surface area (Å²) < 4.78 is 35.2. The molecule has 172 valence electrons. The molecule has 4 atom stereocenters. The first kappa shape index (κ1) is 22.8. The summed E-state index contributed by atoms with van der Waals surface area (Å²) in [6.45, 7) is 2.10. The minimum atomic E-state index is -0.150. The monoisotopic (exact) mass is 440 g/mol. The highest BCUT2D eigenvalue weighted by molar-refractivity contribution is 5.27. The van der Waals surface area contributed by atoms with Gasteiger partial charge < -0.3 is 28.4 Å². The highest BCUT2D eigenvalue weighted by Crippen LogP contribution is 2.29. The number of benzene rings is 2. The quantitative estimate of drug-likeness (QED) is 0.542. The molecular weight excluding hydrogens is 408 g/mol. The summed E-state index contributed by atoms with van der Waals surface area (Å²) in [6, 6.07) is 15.8. The number of ether oxygens (including phenoxy) is 6. The van der Waals surface area contributed by atoms with Gasteiger partial charge in [0.15, 0.2) is 0 Å². The van der Waals surface area contributed by atoms with E-state index in [-0.39, 0.29) is 24.4 Å².